The maximum atomic E-state index is 2.49. The molecule has 0 atom stereocenters. The third-order valence-corrected chi connectivity index (χ3v) is 13.7. The number of hydrogen-bond donors (Lipinski definition) is 0. The van der Waals surface area contributed by atoms with Gasteiger partial charge >= 0.3 is 0 Å². The highest BCUT2D eigenvalue weighted by atomic mass is 15.1. The Kier molecular flexibility index (Phi) is 8.91. The van der Waals surface area contributed by atoms with Gasteiger partial charge in [0.2, 0.25) is 0 Å². The molecule has 0 N–H and O–H groups in total. The molecular weight excluding hydrogens is 771 g/mol. The lowest BCUT2D eigenvalue weighted by molar-refractivity contribution is 0.660. The van der Waals surface area contributed by atoms with Crippen LogP contribution in [0.2, 0.25) is 0 Å². The van der Waals surface area contributed by atoms with Gasteiger partial charge in [-0.1, -0.05) is 208 Å². The Hall–Kier alpha value is -8.00. The molecule has 0 fully saturated rings. The van der Waals surface area contributed by atoms with E-state index < -0.39 is 0 Å². The molecule has 11 aromatic carbocycles. The molecule has 0 saturated carbocycles. The third-order valence-electron chi connectivity index (χ3n) is 13.7. The van der Waals surface area contributed by atoms with Crippen molar-refractivity contribution in [1.82, 2.24) is 0 Å². The van der Waals surface area contributed by atoms with E-state index in [0.29, 0.717) is 0 Å². The fourth-order valence-corrected chi connectivity index (χ4v) is 10.5. The molecule has 0 unspecified atom stereocenters. The number of anilines is 3. The van der Waals surface area contributed by atoms with Crippen LogP contribution in [0, 0.1) is 0 Å². The van der Waals surface area contributed by atoms with Crippen molar-refractivity contribution in [3.63, 3.8) is 0 Å². The van der Waals surface area contributed by atoms with Crippen molar-refractivity contribution in [1.29, 1.82) is 0 Å². The summed E-state index contributed by atoms with van der Waals surface area (Å²) in [5.41, 5.74) is 18.1. The van der Waals surface area contributed by atoms with Crippen LogP contribution in [0.5, 0.6) is 0 Å². The van der Waals surface area contributed by atoms with Crippen molar-refractivity contribution in [3.8, 4) is 55.6 Å². The maximum Gasteiger partial charge on any atom is 0.0546 e. The minimum Gasteiger partial charge on any atom is -0.310 e. The van der Waals surface area contributed by atoms with Crippen molar-refractivity contribution in [2.45, 2.75) is 19.3 Å². The molecule has 0 bridgehead atoms. The first-order valence-electron chi connectivity index (χ1n) is 22.3. The Morgan fingerprint density at radius 1 is 0.297 bits per heavy atom. The maximum absolute atomic E-state index is 2.49. The van der Waals surface area contributed by atoms with Gasteiger partial charge in [-0.05, 0) is 136 Å². The van der Waals surface area contributed by atoms with E-state index in [2.05, 4.69) is 255 Å². The summed E-state index contributed by atoms with van der Waals surface area (Å²) in [6, 6.07) is 87.4. The van der Waals surface area contributed by atoms with Gasteiger partial charge in [0, 0.05) is 22.4 Å². The lowest BCUT2D eigenvalue weighted by atomic mass is 9.80. The first-order chi connectivity index (χ1) is 31.5. The number of hydrogen-bond acceptors (Lipinski definition) is 1. The van der Waals surface area contributed by atoms with Crippen LogP contribution in [0.1, 0.15) is 25.0 Å². The van der Waals surface area contributed by atoms with Crippen LogP contribution in [0.3, 0.4) is 0 Å². The van der Waals surface area contributed by atoms with Crippen molar-refractivity contribution < 1.29 is 0 Å². The fraction of sp³-hybridized carbons (Fsp3) is 0.0476. The topological polar surface area (TPSA) is 3.24 Å². The monoisotopic (exact) mass is 815 g/mol. The van der Waals surface area contributed by atoms with E-state index in [0.717, 1.165) is 17.1 Å². The zero-order valence-electron chi connectivity index (χ0n) is 36.0. The number of benzene rings is 11. The number of fused-ring (bicyclic) bond motifs is 7. The minimum absolute atomic E-state index is 0.156. The average Bonchev–Trinajstić information content (AvgIpc) is 3.59. The molecule has 12 rings (SSSR count). The van der Waals surface area contributed by atoms with Crippen LogP contribution in [0.4, 0.5) is 17.1 Å². The first-order valence-corrected chi connectivity index (χ1v) is 22.3. The predicted molar refractivity (Wildman–Crippen MR) is 273 cm³/mol. The zero-order valence-corrected chi connectivity index (χ0v) is 36.0. The van der Waals surface area contributed by atoms with Crippen LogP contribution in [-0.4, -0.2) is 0 Å². The van der Waals surface area contributed by atoms with Gasteiger partial charge < -0.3 is 4.90 Å². The van der Waals surface area contributed by atoms with E-state index in [1.54, 1.807) is 0 Å². The van der Waals surface area contributed by atoms with Gasteiger partial charge in [0.05, 0.1) is 5.69 Å². The van der Waals surface area contributed by atoms with E-state index >= 15 is 0 Å². The van der Waals surface area contributed by atoms with Crippen LogP contribution < -0.4 is 4.90 Å². The number of nitrogens with zero attached hydrogens (tertiary/aromatic N) is 1. The lowest BCUT2D eigenvalue weighted by Crippen LogP contribution is -2.15. The van der Waals surface area contributed by atoms with Gasteiger partial charge in [-0.25, -0.2) is 0 Å². The Balaban J connectivity index is 1.12. The highest BCUT2D eigenvalue weighted by Crippen LogP contribution is 2.53. The molecule has 0 spiro atoms. The Labute approximate surface area is 375 Å². The molecule has 0 radical (unpaired) electrons. The summed E-state index contributed by atoms with van der Waals surface area (Å²) >= 11 is 0. The second kappa shape index (κ2) is 15.1. The average molecular weight is 816 g/mol. The van der Waals surface area contributed by atoms with Gasteiger partial charge in [0.1, 0.15) is 0 Å². The van der Waals surface area contributed by atoms with Gasteiger partial charge in [-0.2, -0.15) is 0 Å². The van der Waals surface area contributed by atoms with Gasteiger partial charge in [0.25, 0.3) is 0 Å². The molecule has 0 aliphatic heterocycles. The fourth-order valence-electron chi connectivity index (χ4n) is 10.5. The second-order valence-electron chi connectivity index (χ2n) is 17.6. The summed E-state index contributed by atoms with van der Waals surface area (Å²) in [5, 5.41) is 7.50. The predicted octanol–water partition coefficient (Wildman–Crippen LogP) is 17.6. The van der Waals surface area contributed by atoms with Crippen molar-refractivity contribution in [3.05, 3.63) is 248 Å². The molecule has 0 aromatic heterocycles. The van der Waals surface area contributed by atoms with E-state index in [4.69, 9.17) is 0 Å². The highest BCUT2D eigenvalue weighted by Gasteiger charge is 2.36. The SMILES string of the molecule is CC1(C)c2ccccc2-c2ccc(-c3c(-c4cc5ccccc5c5ccccc45)cccc3N(c3ccc(-c4ccccc4)cc3)c3ccc(-c4cccc5ccccc45)cc3)cc21. The van der Waals surface area contributed by atoms with E-state index in [-0.39, 0.29) is 5.41 Å². The summed E-state index contributed by atoms with van der Waals surface area (Å²) in [7, 11) is 0. The van der Waals surface area contributed by atoms with Crippen LogP contribution >= 0.6 is 0 Å². The summed E-state index contributed by atoms with van der Waals surface area (Å²) in [4.78, 5) is 2.47. The Morgan fingerprint density at radius 2 is 0.828 bits per heavy atom. The van der Waals surface area contributed by atoms with E-state index in [1.807, 2.05) is 0 Å². The van der Waals surface area contributed by atoms with Crippen LogP contribution in [-0.2, 0) is 5.41 Å². The first kappa shape index (κ1) is 37.7. The molecule has 302 valence electrons. The van der Waals surface area contributed by atoms with Gasteiger partial charge in [0.15, 0.2) is 0 Å². The van der Waals surface area contributed by atoms with Crippen molar-refractivity contribution in [2.75, 3.05) is 4.90 Å². The number of rotatable bonds is 7. The molecular formula is C63H45N. The van der Waals surface area contributed by atoms with Gasteiger partial charge in [-0.3, -0.25) is 0 Å². The largest absolute Gasteiger partial charge is 0.310 e. The van der Waals surface area contributed by atoms with Crippen LogP contribution in [0.15, 0.2) is 237 Å². The summed E-state index contributed by atoms with van der Waals surface area (Å²) in [5.74, 6) is 0. The van der Waals surface area contributed by atoms with Crippen molar-refractivity contribution in [2.24, 2.45) is 0 Å². The normalized spacial score (nSPS) is 12.7. The Morgan fingerprint density at radius 3 is 1.61 bits per heavy atom. The van der Waals surface area contributed by atoms with Gasteiger partial charge in [-0.15, -0.1) is 0 Å². The molecule has 0 saturated heterocycles. The molecule has 11 aromatic rings. The highest BCUT2D eigenvalue weighted by molar-refractivity contribution is 6.16. The quantitative estimate of drug-likeness (QED) is 0.145. The molecule has 1 nitrogen and oxygen atoms in total. The summed E-state index contributed by atoms with van der Waals surface area (Å²) < 4.78 is 0. The molecule has 64 heavy (non-hydrogen) atoms. The summed E-state index contributed by atoms with van der Waals surface area (Å²) in [6.07, 6.45) is 0. The molecule has 0 heterocycles. The van der Waals surface area contributed by atoms with Crippen molar-refractivity contribution >= 4 is 49.4 Å². The molecule has 1 heteroatoms. The molecule has 1 aliphatic carbocycles. The standard InChI is InChI=1S/C63H45N/c1-63(2)59-28-13-12-25-55(59)56-39-34-47(41-60(56)63)62-57(58-40-46-19-7-9-22-52(46)53-23-10-11-24-54(53)58)27-15-29-61(62)64(48-35-30-43(31-36-48)42-16-4-3-5-17-42)49-37-32-45(33-38-49)51-26-14-20-44-18-6-8-21-50(44)51/h3-41H,1-2H3. The van der Waals surface area contributed by atoms with E-state index in [9.17, 15) is 0 Å². The smallest absolute Gasteiger partial charge is 0.0546 e. The van der Waals surface area contributed by atoms with Crippen LogP contribution in [0.25, 0.3) is 88.0 Å². The Bertz CT molecular complexity index is 3560. The summed E-state index contributed by atoms with van der Waals surface area (Å²) in [6.45, 7) is 4.76. The molecule has 1 aliphatic rings. The third kappa shape index (κ3) is 6.15. The lowest BCUT2D eigenvalue weighted by Gasteiger charge is -2.30. The second-order valence-corrected chi connectivity index (χ2v) is 17.6. The molecule has 0 amide bonds. The van der Waals surface area contributed by atoms with E-state index in [1.165, 1.54) is 99.1 Å². The zero-order chi connectivity index (χ0) is 42.8. The minimum atomic E-state index is -0.156.